The van der Waals surface area contributed by atoms with Gasteiger partial charge in [-0.3, -0.25) is 9.59 Å². The third-order valence-electron chi connectivity index (χ3n) is 6.39. The highest BCUT2D eigenvalue weighted by atomic mass is 35.5. The maximum absolute atomic E-state index is 13.6. The minimum absolute atomic E-state index is 0.0778. The largest absolute Gasteiger partial charge is 0.493 e. The van der Waals surface area contributed by atoms with Crippen LogP contribution in [0.25, 0.3) is 5.69 Å². The summed E-state index contributed by atoms with van der Waals surface area (Å²) in [4.78, 5) is 26.5. The Bertz CT molecular complexity index is 1350. The van der Waals surface area contributed by atoms with Crippen LogP contribution >= 0.6 is 11.6 Å². The van der Waals surface area contributed by atoms with Gasteiger partial charge in [0.25, 0.3) is 11.8 Å². The molecule has 2 aromatic carbocycles. The zero-order valence-corrected chi connectivity index (χ0v) is 20.9. The number of fused-ring (bicyclic) bond motifs is 1. The monoisotopic (exact) mass is 531 g/mol. The molecule has 2 heterocycles. The molecule has 0 N–H and O–H groups in total. The molecule has 194 valence electrons. The summed E-state index contributed by atoms with van der Waals surface area (Å²) in [6.07, 6.45) is 0.683. The van der Waals surface area contributed by atoms with Gasteiger partial charge in [-0.15, -0.1) is 0 Å². The second kappa shape index (κ2) is 9.33. The zero-order valence-electron chi connectivity index (χ0n) is 20.2. The lowest BCUT2D eigenvalue weighted by Crippen LogP contribution is -2.57. The predicted octanol–water partition coefficient (Wildman–Crippen LogP) is 5.19. The first kappa shape index (κ1) is 25.0. The SMILES string of the molecule is CCC(=O)OC1(COc2ccc(N3Cc4cn(-c5ccc(Cl)cc5)nc4C3=O)cc2OC)CC(F)(F)C1. The van der Waals surface area contributed by atoms with E-state index in [-0.39, 0.29) is 24.7 Å². The zero-order chi connectivity index (χ0) is 26.4. The van der Waals surface area contributed by atoms with Crippen molar-refractivity contribution >= 4 is 29.2 Å². The van der Waals surface area contributed by atoms with Gasteiger partial charge in [0.2, 0.25) is 0 Å². The summed E-state index contributed by atoms with van der Waals surface area (Å²) in [5, 5.41) is 5.05. The molecule has 1 fully saturated rings. The Kier molecular flexibility index (Phi) is 6.31. The van der Waals surface area contributed by atoms with Gasteiger partial charge in [-0.05, 0) is 36.4 Å². The number of benzene rings is 2. The van der Waals surface area contributed by atoms with Crippen LogP contribution in [0.15, 0.2) is 48.7 Å². The lowest BCUT2D eigenvalue weighted by Gasteiger charge is -2.45. The summed E-state index contributed by atoms with van der Waals surface area (Å²) in [5.41, 5.74) is 1.08. The maximum Gasteiger partial charge on any atom is 0.306 e. The van der Waals surface area contributed by atoms with Crippen LogP contribution in [0.1, 0.15) is 42.2 Å². The maximum atomic E-state index is 13.6. The molecule has 0 bridgehead atoms. The molecule has 3 aromatic rings. The summed E-state index contributed by atoms with van der Waals surface area (Å²) in [6, 6.07) is 12.0. The Labute approximate surface area is 216 Å². The van der Waals surface area contributed by atoms with E-state index in [9.17, 15) is 18.4 Å². The molecule has 1 aliphatic heterocycles. The minimum Gasteiger partial charge on any atom is -0.493 e. The standard InChI is InChI=1S/C26H24ClF2N3O5/c1-3-22(33)37-25(13-26(28,29)14-25)15-36-20-9-8-19(10-21(20)35-2)31-11-16-12-32(30-23(16)24(31)34)18-6-4-17(27)5-7-18/h4-10,12H,3,11,13-15H2,1-2H3. The van der Waals surface area contributed by atoms with E-state index in [0.717, 1.165) is 11.3 Å². The number of aromatic nitrogens is 2. The molecular weight excluding hydrogens is 508 g/mol. The van der Waals surface area contributed by atoms with Gasteiger partial charge in [-0.25, -0.2) is 13.5 Å². The fraction of sp³-hybridized carbons (Fsp3) is 0.346. The summed E-state index contributed by atoms with van der Waals surface area (Å²) >= 11 is 5.95. The molecule has 0 spiro atoms. The van der Waals surface area contributed by atoms with Crippen molar-refractivity contribution in [1.82, 2.24) is 9.78 Å². The molecule has 37 heavy (non-hydrogen) atoms. The number of carbonyl (C=O) groups is 2. The van der Waals surface area contributed by atoms with E-state index in [1.54, 1.807) is 53.0 Å². The molecular formula is C26H24ClF2N3O5. The van der Waals surface area contributed by atoms with E-state index in [2.05, 4.69) is 5.10 Å². The van der Waals surface area contributed by atoms with Crippen LogP contribution in [0.5, 0.6) is 11.5 Å². The third-order valence-corrected chi connectivity index (χ3v) is 6.64. The Balaban J connectivity index is 1.30. The molecule has 8 nitrogen and oxygen atoms in total. The molecule has 0 unspecified atom stereocenters. The first-order valence-electron chi connectivity index (χ1n) is 11.7. The van der Waals surface area contributed by atoms with Crippen LogP contribution in [0, 0.1) is 0 Å². The number of esters is 1. The van der Waals surface area contributed by atoms with Crippen LogP contribution in [0.2, 0.25) is 5.02 Å². The lowest BCUT2D eigenvalue weighted by atomic mass is 9.77. The molecule has 5 rings (SSSR count). The highest BCUT2D eigenvalue weighted by Crippen LogP contribution is 2.49. The molecule has 1 amide bonds. The van der Waals surface area contributed by atoms with Gasteiger partial charge in [0.15, 0.2) is 22.8 Å². The Hall–Kier alpha value is -3.66. The molecule has 1 aliphatic carbocycles. The summed E-state index contributed by atoms with van der Waals surface area (Å²) in [5.74, 6) is -3.14. The van der Waals surface area contributed by atoms with Crippen molar-refractivity contribution in [3.8, 4) is 17.2 Å². The smallest absolute Gasteiger partial charge is 0.306 e. The molecule has 0 saturated heterocycles. The topological polar surface area (TPSA) is 82.9 Å². The first-order chi connectivity index (χ1) is 17.6. The quantitative estimate of drug-likeness (QED) is 0.372. The normalized spacial score (nSPS) is 17.2. The van der Waals surface area contributed by atoms with E-state index < -0.39 is 30.3 Å². The van der Waals surface area contributed by atoms with Crippen LogP contribution in [0.4, 0.5) is 14.5 Å². The van der Waals surface area contributed by atoms with E-state index in [4.69, 9.17) is 25.8 Å². The van der Waals surface area contributed by atoms with Gasteiger partial charge < -0.3 is 19.1 Å². The molecule has 2 aliphatic rings. The summed E-state index contributed by atoms with van der Waals surface area (Å²) in [7, 11) is 1.44. The summed E-state index contributed by atoms with van der Waals surface area (Å²) < 4.78 is 45.4. The number of carbonyl (C=O) groups excluding carboxylic acids is 2. The number of ether oxygens (including phenoxy) is 3. The van der Waals surface area contributed by atoms with Gasteiger partial charge in [-0.1, -0.05) is 18.5 Å². The van der Waals surface area contributed by atoms with Gasteiger partial charge in [0, 0.05) is 35.0 Å². The van der Waals surface area contributed by atoms with Crippen molar-refractivity contribution in [3.63, 3.8) is 0 Å². The fourth-order valence-corrected chi connectivity index (χ4v) is 4.70. The van der Waals surface area contributed by atoms with E-state index in [1.165, 1.54) is 7.11 Å². The first-order valence-corrected chi connectivity index (χ1v) is 12.1. The Morgan fingerprint density at radius 1 is 1.11 bits per heavy atom. The van der Waals surface area contributed by atoms with Crippen molar-refractivity contribution in [1.29, 1.82) is 0 Å². The number of alkyl halides is 2. The van der Waals surface area contributed by atoms with E-state index in [0.29, 0.717) is 28.7 Å². The highest BCUT2D eigenvalue weighted by Gasteiger charge is 2.60. The van der Waals surface area contributed by atoms with Crippen LogP contribution in [-0.2, 0) is 16.1 Å². The Morgan fingerprint density at radius 3 is 2.43 bits per heavy atom. The van der Waals surface area contributed by atoms with Crippen LogP contribution in [-0.4, -0.2) is 46.9 Å². The van der Waals surface area contributed by atoms with Gasteiger partial charge in [0.1, 0.15) is 6.61 Å². The van der Waals surface area contributed by atoms with Crippen molar-refractivity contribution in [3.05, 3.63) is 64.9 Å². The van der Waals surface area contributed by atoms with Gasteiger partial charge in [-0.2, -0.15) is 5.10 Å². The number of anilines is 1. The Morgan fingerprint density at radius 2 is 1.81 bits per heavy atom. The number of halogens is 3. The number of nitrogens with zero attached hydrogens (tertiary/aromatic N) is 3. The summed E-state index contributed by atoms with van der Waals surface area (Å²) in [6.45, 7) is 1.67. The average Bonchev–Trinajstić information content (AvgIpc) is 3.41. The highest BCUT2D eigenvalue weighted by molar-refractivity contribution is 6.30. The number of hydrogen-bond acceptors (Lipinski definition) is 6. The third kappa shape index (κ3) is 4.85. The molecule has 1 saturated carbocycles. The lowest BCUT2D eigenvalue weighted by molar-refractivity contribution is -0.234. The number of rotatable bonds is 8. The predicted molar refractivity (Wildman–Crippen MR) is 131 cm³/mol. The number of methoxy groups -OCH3 is 1. The van der Waals surface area contributed by atoms with E-state index >= 15 is 0 Å². The van der Waals surface area contributed by atoms with Crippen molar-refractivity contribution in [2.45, 2.75) is 44.3 Å². The molecule has 11 heteroatoms. The molecule has 0 atom stereocenters. The number of hydrogen-bond donors (Lipinski definition) is 0. The van der Waals surface area contributed by atoms with Crippen molar-refractivity contribution < 1.29 is 32.6 Å². The second-order valence-corrected chi connectivity index (χ2v) is 9.60. The van der Waals surface area contributed by atoms with Crippen molar-refractivity contribution in [2.24, 2.45) is 0 Å². The number of amides is 1. The molecule has 1 aromatic heterocycles. The minimum atomic E-state index is -2.90. The van der Waals surface area contributed by atoms with Gasteiger partial charge in [0.05, 0.1) is 32.2 Å². The van der Waals surface area contributed by atoms with E-state index in [1.807, 2.05) is 12.1 Å². The van der Waals surface area contributed by atoms with Crippen molar-refractivity contribution in [2.75, 3.05) is 18.6 Å². The second-order valence-electron chi connectivity index (χ2n) is 9.16. The van der Waals surface area contributed by atoms with Crippen LogP contribution in [0.3, 0.4) is 0 Å². The van der Waals surface area contributed by atoms with Crippen LogP contribution < -0.4 is 14.4 Å². The molecule has 0 radical (unpaired) electrons. The van der Waals surface area contributed by atoms with Gasteiger partial charge >= 0.3 is 5.97 Å². The fourth-order valence-electron chi connectivity index (χ4n) is 4.57. The average molecular weight is 532 g/mol.